The second-order valence-corrected chi connectivity index (χ2v) is 5.64. The number of cyclic esters (lactones) is 1. The van der Waals surface area contributed by atoms with Gasteiger partial charge in [-0.3, -0.25) is 0 Å². The Hall–Kier alpha value is -2.35. The van der Waals surface area contributed by atoms with E-state index in [1.54, 1.807) is 0 Å². The molecule has 0 saturated carbocycles. The molecule has 20 heavy (non-hydrogen) atoms. The standard InChI is InChI=1S/C18H12O2/c19-18-17-14(9-20-18)15-10-5-1-3-7-12(10)16(17)13-8-4-2-6-11(13)15/h1-8,15-16H,9H2. The van der Waals surface area contributed by atoms with E-state index in [9.17, 15) is 4.79 Å². The highest BCUT2D eigenvalue weighted by Crippen LogP contribution is 2.56. The van der Waals surface area contributed by atoms with E-state index in [4.69, 9.17) is 4.74 Å². The topological polar surface area (TPSA) is 26.3 Å². The molecule has 2 heteroatoms. The van der Waals surface area contributed by atoms with Gasteiger partial charge in [-0.05, 0) is 27.8 Å². The van der Waals surface area contributed by atoms with Gasteiger partial charge in [0.2, 0.25) is 0 Å². The van der Waals surface area contributed by atoms with Crippen molar-refractivity contribution in [1.82, 2.24) is 0 Å². The van der Waals surface area contributed by atoms with Crippen molar-refractivity contribution in [3.8, 4) is 0 Å². The van der Waals surface area contributed by atoms with Crippen LogP contribution in [-0.2, 0) is 9.53 Å². The van der Waals surface area contributed by atoms with Crippen LogP contribution in [0.25, 0.3) is 0 Å². The van der Waals surface area contributed by atoms with Gasteiger partial charge in [0.05, 0.1) is 5.57 Å². The normalized spacial score (nSPS) is 25.1. The monoisotopic (exact) mass is 260 g/mol. The van der Waals surface area contributed by atoms with E-state index in [0.717, 1.165) is 5.57 Å². The zero-order valence-corrected chi connectivity index (χ0v) is 10.8. The number of rotatable bonds is 0. The summed E-state index contributed by atoms with van der Waals surface area (Å²) in [5, 5.41) is 0. The molecular formula is C18H12O2. The fourth-order valence-electron chi connectivity index (χ4n) is 4.07. The van der Waals surface area contributed by atoms with Gasteiger partial charge in [-0.1, -0.05) is 48.5 Å². The maximum absolute atomic E-state index is 12.1. The van der Waals surface area contributed by atoms with Gasteiger partial charge >= 0.3 is 5.97 Å². The minimum Gasteiger partial charge on any atom is -0.458 e. The predicted octanol–water partition coefficient (Wildman–Crippen LogP) is 3.13. The van der Waals surface area contributed by atoms with Gasteiger partial charge < -0.3 is 4.74 Å². The second-order valence-electron chi connectivity index (χ2n) is 5.64. The Morgan fingerprint density at radius 1 is 0.800 bits per heavy atom. The highest BCUT2D eigenvalue weighted by atomic mass is 16.5. The van der Waals surface area contributed by atoms with Crippen molar-refractivity contribution in [1.29, 1.82) is 0 Å². The van der Waals surface area contributed by atoms with Crippen LogP contribution < -0.4 is 0 Å². The first-order chi connectivity index (χ1) is 9.86. The third-order valence-electron chi connectivity index (χ3n) is 4.80. The third kappa shape index (κ3) is 1.05. The predicted molar refractivity (Wildman–Crippen MR) is 74.6 cm³/mol. The highest BCUT2D eigenvalue weighted by Gasteiger charge is 2.48. The average molecular weight is 260 g/mol. The van der Waals surface area contributed by atoms with Gasteiger partial charge in [0.15, 0.2) is 0 Å². The Morgan fingerprint density at radius 3 is 1.85 bits per heavy atom. The van der Waals surface area contributed by atoms with Gasteiger partial charge in [-0.2, -0.15) is 0 Å². The lowest BCUT2D eigenvalue weighted by atomic mass is 9.61. The Bertz CT molecular complexity index is 753. The first-order valence-corrected chi connectivity index (χ1v) is 6.94. The largest absolute Gasteiger partial charge is 0.458 e. The molecule has 3 aliphatic carbocycles. The van der Waals surface area contributed by atoms with E-state index >= 15 is 0 Å². The maximum atomic E-state index is 12.1. The summed E-state index contributed by atoms with van der Waals surface area (Å²) in [7, 11) is 0. The van der Waals surface area contributed by atoms with Crippen LogP contribution in [0.15, 0.2) is 59.7 Å². The lowest BCUT2D eigenvalue weighted by Gasteiger charge is -2.39. The van der Waals surface area contributed by atoms with Gasteiger partial charge in [-0.25, -0.2) is 4.79 Å². The van der Waals surface area contributed by atoms with Crippen molar-refractivity contribution >= 4 is 5.97 Å². The number of esters is 1. The Morgan fingerprint density at radius 2 is 1.30 bits per heavy atom. The summed E-state index contributed by atoms with van der Waals surface area (Å²) in [5.41, 5.74) is 7.30. The Kier molecular flexibility index (Phi) is 1.77. The molecule has 0 unspecified atom stereocenters. The van der Waals surface area contributed by atoms with E-state index in [1.807, 2.05) is 0 Å². The van der Waals surface area contributed by atoms with Crippen molar-refractivity contribution < 1.29 is 9.53 Å². The molecule has 1 aliphatic heterocycles. The molecule has 0 radical (unpaired) electrons. The van der Waals surface area contributed by atoms with Gasteiger partial charge in [0.25, 0.3) is 0 Å². The van der Waals surface area contributed by atoms with Crippen molar-refractivity contribution in [3.63, 3.8) is 0 Å². The van der Waals surface area contributed by atoms with Gasteiger partial charge in [0.1, 0.15) is 6.61 Å². The summed E-state index contributed by atoms with van der Waals surface area (Å²) in [5.74, 6) is 0.144. The van der Waals surface area contributed by atoms with E-state index in [0.29, 0.717) is 6.61 Å². The fraction of sp³-hybridized carbons (Fsp3) is 0.167. The number of hydrogen-bond donors (Lipinski definition) is 0. The van der Waals surface area contributed by atoms with Crippen LogP contribution in [0, 0.1) is 0 Å². The van der Waals surface area contributed by atoms with Gasteiger partial charge in [0, 0.05) is 11.8 Å². The number of carbonyl (C=O) groups is 1. The molecule has 0 amide bonds. The molecule has 96 valence electrons. The van der Waals surface area contributed by atoms with Crippen molar-refractivity contribution in [3.05, 3.63) is 81.9 Å². The van der Waals surface area contributed by atoms with Crippen LogP contribution in [0.4, 0.5) is 0 Å². The minimum absolute atomic E-state index is 0.0670. The molecule has 0 N–H and O–H groups in total. The molecule has 1 heterocycles. The smallest absolute Gasteiger partial charge is 0.335 e. The van der Waals surface area contributed by atoms with Crippen LogP contribution in [0.5, 0.6) is 0 Å². The van der Waals surface area contributed by atoms with Crippen LogP contribution in [0.2, 0.25) is 0 Å². The summed E-state index contributed by atoms with van der Waals surface area (Å²) in [4.78, 5) is 12.1. The quantitative estimate of drug-likeness (QED) is 0.680. The summed E-state index contributed by atoms with van der Waals surface area (Å²) < 4.78 is 5.33. The number of carbonyl (C=O) groups excluding carboxylic acids is 1. The Labute approximate surface area is 116 Å². The minimum atomic E-state index is -0.126. The lowest BCUT2D eigenvalue weighted by molar-refractivity contribution is -0.136. The van der Waals surface area contributed by atoms with Crippen LogP contribution in [0.3, 0.4) is 0 Å². The molecule has 2 aromatic carbocycles. The average Bonchev–Trinajstić information content (AvgIpc) is 2.90. The molecule has 2 nitrogen and oxygen atoms in total. The van der Waals surface area contributed by atoms with Crippen LogP contribution in [-0.4, -0.2) is 12.6 Å². The SMILES string of the molecule is O=C1OCC2=C1C1c3ccccc3C2c2ccccc21. The fourth-order valence-corrected chi connectivity index (χ4v) is 4.07. The zero-order valence-electron chi connectivity index (χ0n) is 10.8. The molecule has 4 aliphatic rings. The van der Waals surface area contributed by atoms with E-state index < -0.39 is 0 Å². The molecule has 0 saturated heterocycles. The third-order valence-corrected chi connectivity index (χ3v) is 4.80. The number of benzene rings is 2. The van der Waals surface area contributed by atoms with Crippen molar-refractivity contribution in [2.75, 3.05) is 6.61 Å². The zero-order chi connectivity index (χ0) is 13.3. The van der Waals surface area contributed by atoms with E-state index in [-0.39, 0.29) is 17.8 Å². The molecule has 2 aromatic rings. The maximum Gasteiger partial charge on any atom is 0.335 e. The van der Waals surface area contributed by atoms with Crippen molar-refractivity contribution in [2.24, 2.45) is 0 Å². The molecule has 6 rings (SSSR count). The van der Waals surface area contributed by atoms with Gasteiger partial charge in [-0.15, -0.1) is 0 Å². The highest BCUT2D eigenvalue weighted by molar-refractivity contribution is 5.97. The first-order valence-electron chi connectivity index (χ1n) is 6.94. The number of hydrogen-bond acceptors (Lipinski definition) is 2. The summed E-state index contributed by atoms with van der Waals surface area (Å²) in [6, 6.07) is 17.0. The summed E-state index contributed by atoms with van der Waals surface area (Å²) in [6.45, 7) is 0.456. The molecule has 2 bridgehead atoms. The molecule has 0 fully saturated rings. The second kappa shape index (κ2) is 3.40. The molecule has 0 spiro atoms. The van der Waals surface area contributed by atoms with Crippen LogP contribution in [0.1, 0.15) is 34.1 Å². The van der Waals surface area contributed by atoms with Crippen molar-refractivity contribution in [2.45, 2.75) is 11.8 Å². The van der Waals surface area contributed by atoms with E-state index in [1.165, 1.54) is 27.8 Å². The molecule has 0 atom stereocenters. The van der Waals surface area contributed by atoms with E-state index in [2.05, 4.69) is 48.5 Å². The summed E-state index contributed by atoms with van der Waals surface area (Å²) in [6.07, 6.45) is 0. The van der Waals surface area contributed by atoms with Crippen LogP contribution >= 0.6 is 0 Å². The molecule has 0 aromatic heterocycles. The molecular weight excluding hydrogens is 248 g/mol. The number of ether oxygens (including phenoxy) is 1. The lowest BCUT2D eigenvalue weighted by Crippen LogP contribution is -2.28. The first kappa shape index (κ1) is 10.4. The Balaban J connectivity index is 1.90. The summed E-state index contributed by atoms with van der Waals surface area (Å²) >= 11 is 0.